The van der Waals surface area contributed by atoms with Gasteiger partial charge in [0.15, 0.2) is 0 Å². The van der Waals surface area contributed by atoms with Crippen molar-refractivity contribution in [1.82, 2.24) is 15.6 Å². The van der Waals surface area contributed by atoms with E-state index >= 15 is 0 Å². The number of aromatic nitrogens is 1. The maximum absolute atomic E-state index is 12.1. The Balaban J connectivity index is 1.45. The number of benzene rings is 2. The van der Waals surface area contributed by atoms with E-state index in [0.29, 0.717) is 19.7 Å². The summed E-state index contributed by atoms with van der Waals surface area (Å²) in [5, 5.41) is 7.12. The van der Waals surface area contributed by atoms with Crippen LogP contribution >= 0.6 is 0 Å². The Morgan fingerprint density at radius 1 is 1.11 bits per heavy atom. The number of hydrogen-bond acceptors (Lipinski definition) is 2. The molecule has 0 bridgehead atoms. The van der Waals surface area contributed by atoms with Crippen LogP contribution in [0.4, 0.5) is 4.79 Å². The Bertz CT molecular complexity index is 930. The van der Waals surface area contributed by atoms with Crippen LogP contribution in [-0.2, 0) is 24.3 Å². The predicted molar refractivity (Wildman–Crippen MR) is 113 cm³/mol. The summed E-state index contributed by atoms with van der Waals surface area (Å²) in [7, 11) is 0. The summed E-state index contributed by atoms with van der Waals surface area (Å²) in [6.45, 7) is 7.82. The van der Waals surface area contributed by atoms with E-state index in [4.69, 9.17) is 4.74 Å². The molecule has 5 nitrogen and oxygen atoms in total. The lowest BCUT2D eigenvalue weighted by Crippen LogP contribution is -2.36. The van der Waals surface area contributed by atoms with Crippen molar-refractivity contribution >= 4 is 16.9 Å². The minimum Gasteiger partial charge on any atom is -0.374 e. The minimum atomic E-state index is -0.152. The third-order valence-corrected chi connectivity index (χ3v) is 4.70. The van der Waals surface area contributed by atoms with Gasteiger partial charge in [0.05, 0.1) is 12.7 Å². The summed E-state index contributed by atoms with van der Waals surface area (Å²) in [6.07, 6.45) is 3.02. The Labute approximate surface area is 166 Å². The van der Waals surface area contributed by atoms with Crippen molar-refractivity contribution in [1.29, 1.82) is 0 Å². The summed E-state index contributed by atoms with van der Waals surface area (Å²) in [6, 6.07) is 14.2. The molecule has 0 fully saturated rings. The summed E-state index contributed by atoms with van der Waals surface area (Å²) in [4.78, 5) is 15.4. The second-order valence-corrected chi connectivity index (χ2v) is 7.35. The third kappa shape index (κ3) is 5.36. The number of aromatic amines is 1. The summed E-state index contributed by atoms with van der Waals surface area (Å²) < 4.78 is 5.63. The van der Waals surface area contributed by atoms with Gasteiger partial charge in [-0.1, -0.05) is 36.4 Å². The molecule has 0 radical (unpaired) electrons. The molecule has 148 valence electrons. The van der Waals surface area contributed by atoms with Crippen molar-refractivity contribution in [3.8, 4) is 0 Å². The number of amides is 2. The molecule has 0 saturated heterocycles. The SMILES string of the molecule is Cc1cccc2[nH]cc(CCNC(=O)NCc3cccc(COC(C)C)c3)c12. The molecule has 0 saturated carbocycles. The van der Waals surface area contributed by atoms with Gasteiger partial charge in [0.2, 0.25) is 0 Å². The molecular weight excluding hydrogens is 350 g/mol. The average molecular weight is 380 g/mol. The van der Waals surface area contributed by atoms with E-state index in [1.165, 1.54) is 16.5 Å². The predicted octanol–water partition coefficient (Wildman–Crippen LogP) is 4.44. The number of ether oxygens (including phenoxy) is 1. The van der Waals surface area contributed by atoms with Gasteiger partial charge in [0, 0.05) is 30.2 Å². The number of hydrogen-bond donors (Lipinski definition) is 3. The number of rotatable bonds is 8. The number of urea groups is 1. The number of carbonyl (C=O) groups excluding carboxylic acids is 1. The smallest absolute Gasteiger partial charge is 0.315 e. The molecule has 0 spiro atoms. The van der Waals surface area contributed by atoms with Crippen molar-refractivity contribution in [2.24, 2.45) is 0 Å². The standard InChI is InChI=1S/C23H29N3O2/c1-16(2)28-15-19-8-5-7-18(12-19)13-26-23(27)24-11-10-20-14-25-21-9-4-6-17(3)22(20)21/h4-9,12,14,16,25H,10-11,13,15H2,1-3H3,(H2,24,26,27). The Kier molecular flexibility index (Phi) is 6.71. The molecule has 0 aliphatic rings. The van der Waals surface area contributed by atoms with E-state index in [0.717, 1.165) is 23.1 Å². The van der Waals surface area contributed by atoms with Crippen molar-refractivity contribution in [2.45, 2.75) is 46.4 Å². The molecule has 0 atom stereocenters. The first-order valence-corrected chi connectivity index (χ1v) is 9.79. The van der Waals surface area contributed by atoms with Gasteiger partial charge in [-0.3, -0.25) is 0 Å². The van der Waals surface area contributed by atoms with E-state index < -0.39 is 0 Å². The zero-order valence-electron chi connectivity index (χ0n) is 16.8. The highest BCUT2D eigenvalue weighted by molar-refractivity contribution is 5.86. The average Bonchev–Trinajstić information content (AvgIpc) is 3.10. The van der Waals surface area contributed by atoms with Gasteiger partial charge in [0.25, 0.3) is 0 Å². The zero-order chi connectivity index (χ0) is 19.9. The quantitative estimate of drug-likeness (QED) is 0.542. The van der Waals surface area contributed by atoms with Gasteiger partial charge >= 0.3 is 6.03 Å². The molecular formula is C23H29N3O2. The fraction of sp³-hybridized carbons (Fsp3) is 0.348. The van der Waals surface area contributed by atoms with Gasteiger partial charge in [0.1, 0.15) is 0 Å². The topological polar surface area (TPSA) is 66.2 Å². The van der Waals surface area contributed by atoms with Gasteiger partial charge < -0.3 is 20.4 Å². The normalized spacial score (nSPS) is 11.1. The van der Waals surface area contributed by atoms with Gasteiger partial charge in [-0.25, -0.2) is 4.79 Å². The fourth-order valence-corrected chi connectivity index (χ4v) is 3.30. The Morgan fingerprint density at radius 3 is 2.71 bits per heavy atom. The Morgan fingerprint density at radius 2 is 1.89 bits per heavy atom. The number of aryl methyl sites for hydroxylation is 1. The molecule has 28 heavy (non-hydrogen) atoms. The van der Waals surface area contributed by atoms with Crippen LogP contribution in [0.15, 0.2) is 48.7 Å². The first-order valence-electron chi connectivity index (χ1n) is 9.79. The number of nitrogens with one attached hydrogen (secondary N) is 3. The highest BCUT2D eigenvalue weighted by atomic mass is 16.5. The first kappa shape index (κ1) is 20.0. The van der Waals surface area contributed by atoms with E-state index in [-0.39, 0.29) is 12.1 Å². The largest absolute Gasteiger partial charge is 0.374 e. The summed E-state index contributed by atoms with van der Waals surface area (Å²) >= 11 is 0. The zero-order valence-corrected chi connectivity index (χ0v) is 16.8. The second kappa shape index (κ2) is 9.42. The van der Waals surface area contributed by atoms with Crippen LogP contribution in [0.1, 0.15) is 36.1 Å². The van der Waals surface area contributed by atoms with Crippen molar-refractivity contribution in [2.75, 3.05) is 6.54 Å². The third-order valence-electron chi connectivity index (χ3n) is 4.70. The van der Waals surface area contributed by atoms with Crippen molar-refractivity contribution < 1.29 is 9.53 Å². The van der Waals surface area contributed by atoms with Crippen LogP contribution in [0.3, 0.4) is 0 Å². The van der Waals surface area contributed by atoms with Gasteiger partial charge in [-0.15, -0.1) is 0 Å². The van der Waals surface area contributed by atoms with Crippen LogP contribution in [0.25, 0.3) is 10.9 Å². The van der Waals surface area contributed by atoms with Gasteiger partial charge in [-0.05, 0) is 55.5 Å². The monoisotopic (exact) mass is 379 g/mol. The maximum atomic E-state index is 12.1. The number of fused-ring (bicyclic) bond motifs is 1. The molecule has 5 heteroatoms. The number of H-pyrrole nitrogens is 1. The van der Waals surface area contributed by atoms with Crippen LogP contribution in [0.5, 0.6) is 0 Å². The summed E-state index contributed by atoms with van der Waals surface area (Å²) in [5.74, 6) is 0. The molecule has 3 aromatic rings. The molecule has 3 N–H and O–H groups in total. The van der Waals surface area contributed by atoms with Crippen LogP contribution in [-0.4, -0.2) is 23.7 Å². The second-order valence-electron chi connectivity index (χ2n) is 7.35. The fourth-order valence-electron chi connectivity index (χ4n) is 3.30. The molecule has 1 aromatic heterocycles. The molecule has 2 amide bonds. The molecule has 0 unspecified atom stereocenters. The molecule has 0 aliphatic carbocycles. The minimum absolute atomic E-state index is 0.152. The van der Waals surface area contributed by atoms with Crippen LogP contribution < -0.4 is 10.6 Å². The number of carbonyl (C=O) groups is 1. The maximum Gasteiger partial charge on any atom is 0.315 e. The van der Waals surface area contributed by atoms with Gasteiger partial charge in [-0.2, -0.15) is 0 Å². The molecule has 0 aliphatic heterocycles. The highest BCUT2D eigenvalue weighted by Crippen LogP contribution is 2.22. The van der Waals surface area contributed by atoms with E-state index in [9.17, 15) is 4.79 Å². The lowest BCUT2D eigenvalue weighted by molar-refractivity contribution is 0.0657. The molecule has 2 aromatic carbocycles. The van der Waals surface area contributed by atoms with E-state index in [1.54, 1.807) is 0 Å². The highest BCUT2D eigenvalue weighted by Gasteiger charge is 2.07. The van der Waals surface area contributed by atoms with Crippen molar-refractivity contribution in [3.63, 3.8) is 0 Å². The molecule has 1 heterocycles. The lowest BCUT2D eigenvalue weighted by Gasteiger charge is -2.10. The van der Waals surface area contributed by atoms with Crippen LogP contribution in [0, 0.1) is 6.92 Å². The van der Waals surface area contributed by atoms with Crippen LogP contribution in [0.2, 0.25) is 0 Å². The van der Waals surface area contributed by atoms with Crippen molar-refractivity contribution in [3.05, 3.63) is 70.9 Å². The summed E-state index contributed by atoms with van der Waals surface area (Å²) in [5.41, 5.74) is 5.79. The first-order chi connectivity index (χ1) is 13.5. The molecule has 3 rings (SSSR count). The Hall–Kier alpha value is -2.79. The lowest BCUT2D eigenvalue weighted by atomic mass is 10.1. The van der Waals surface area contributed by atoms with E-state index in [1.807, 2.05) is 44.3 Å². The van der Waals surface area contributed by atoms with E-state index in [2.05, 4.69) is 40.7 Å².